The van der Waals surface area contributed by atoms with Gasteiger partial charge in [-0.1, -0.05) is 23.7 Å². The van der Waals surface area contributed by atoms with Crippen LogP contribution in [0.5, 0.6) is 11.5 Å². The van der Waals surface area contributed by atoms with Gasteiger partial charge in [0, 0.05) is 5.39 Å². The maximum absolute atomic E-state index is 6.26. The Labute approximate surface area is 127 Å². The smallest absolute Gasteiger partial charge is 0.165 e. The number of halogens is 1. The lowest BCUT2D eigenvalue weighted by atomic mass is 10.1. The molecule has 0 aliphatic carbocycles. The number of nitrogens with zero attached hydrogens (tertiary/aromatic N) is 2. The molecule has 4 nitrogen and oxygen atoms in total. The Balaban J connectivity index is 2.24. The molecule has 5 heteroatoms. The SMILES string of the molecule is COc1ccc(OC)c(-c2nc(Cl)c3ccccc3n2)c1. The molecule has 3 aromatic rings. The van der Waals surface area contributed by atoms with Crippen molar-refractivity contribution in [2.45, 2.75) is 0 Å². The number of fused-ring (bicyclic) bond motifs is 1. The minimum Gasteiger partial charge on any atom is -0.497 e. The van der Waals surface area contributed by atoms with Crippen LogP contribution in [0.3, 0.4) is 0 Å². The molecule has 0 atom stereocenters. The van der Waals surface area contributed by atoms with E-state index in [0.29, 0.717) is 22.5 Å². The van der Waals surface area contributed by atoms with Crippen molar-refractivity contribution in [3.05, 3.63) is 47.6 Å². The normalized spacial score (nSPS) is 10.6. The van der Waals surface area contributed by atoms with Gasteiger partial charge >= 0.3 is 0 Å². The van der Waals surface area contributed by atoms with E-state index in [-0.39, 0.29) is 0 Å². The zero-order valence-electron chi connectivity index (χ0n) is 11.6. The lowest BCUT2D eigenvalue weighted by Crippen LogP contribution is -1.96. The van der Waals surface area contributed by atoms with Crippen LogP contribution in [0.4, 0.5) is 0 Å². The monoisotopic (exact) mass is 300 g/mol. The summed E-state index contributed by atoms with van der Waals surface area (Å²) in [7, 11) is 3.22. The second-order valence-electron chi connectivity index (χ2n) is 4.42. The maximum atomic E-state index is 6.26. The predicted octanol–water partition coefficient (Wildman–Crippen LogP) is 3.97. The van der Waals surface area contributed by atoms with Crippen LogP contribution < -0.4 is 9.47 Å². The number of hydrogen-bond acceptors (Lipinski definition) is 4. The summed E-state index contributed by atoms with van der Waals surface area (Å²) in [6.07, 6.45) is 0. The van der Waals surface area contributed by atoms with Crippen molar-refractivity contribution in [1.82, 2.24) is 9.97 Å². The Morgan fingerprint density at radius 2 is 1.76 bits per heavy atom. The summed E-state index contributed by atoms with van der Waals surface area (Å²) in [5.41, 5.74) is 1.53. The van der Waals surface area contributed by atoms with Crippen LogP contribution in [0.1, 0.15) is 0 Å². The van der Waals surface area contributed by atoms with Gasteiger partial charge in [-0.05, 0) is 30.3 Å². The lowest BCUT2D eigenvalue weighted by molar-refractivity contribution is 0.404. The number of methoxy groups -OCH3 is 2. The molecular weight excluding hydrogens is 288 g/mol. The van der Waals surface area contributed by atoms with Crippen molar-refractivity contribution in [1.29, 1.82) is 0 Å². The molecule has 0 saturated carbocycles. The second kappa shape index (κ2) is 5.58. The third-order valence-corrected chi connectivity index (χ3v) is 3.49. The number of para-hydroxylation sites is 1. The van der Waals surface area contributed by atoms with Gasteiger partial charge in [0.15, 0.2) is 5.82 Å². The number of aromatic nitrogens is 2. The standard InChI is InChI=1S/C16H13ClN2O2/c1-20-10-7-8-14(21-2)12(9-10)16-18-13-6-4-3-5-11(13)15(17)19-16/h3-9H,1-2H3. The quantitative estimate of drug-likeness (QED) is 0.687. The fourth-order valence-electron chi connectivity index (χ4n) is 2.15. The summed E-state index contributed by atoms with van der Waals surface area (Å²) in [6, 6.07) is 13.1. The minimum absolute atomic E-state index is 0.417. The summed E-state index contributed by atoms with van der Waals surface area (Å²) in [5.74, 6) is 1.88. The van der Waals surface area contributed by atoms with Gasteiger partial charge in [0.05, 0.1) is 25.3 Å². The molecule has 106 valence electrons. The summed E-state index contributed by atoms with van der Waals surface area (Å²) in [4.78, 5) is 8.93. The highest BCUT2D eigenvalue weighted by atomic mass is 35.5. The molecule has 2 aromatic carbocycles. The van der Waals surface area contributed by atoms with Gasteiger partial charge in [-0.2, -0.15) is 0 Å². The fraction of sp³-hybridized carbons (Fsp3) is 0.125. The summed E-state index contributed by atoms with van der Waals surface area (Å²) < 4.78 is 10.6. The number of ether oxygens (including phenoxy) is 2. The van der Waals surface area contributed by atoms with E-state index in [1.807, 2.05) is 42.5 Å². The molecule has 0 saturated heterocycles. The highest BCUT2D eigenvalue weighted by Crippen LogP contribution is 2.33. The van der Waals surface area contributed by atoms with Crippen LogP contribution in [-0.2, 0) is 0 Å². The van der Waals surface area contributed by atoms with E-state index < -0.39 is 0 Å². The molecule has 0 spiro atoms. The Morgan fingerprint density at radius 3 is 2.52 bits per heavy atom. The van der Waals surface area contributed by atoms with Crippen LogP contribution in [0.2, 0.25) is 5.15 Å². The fourth-order valence-corrected chi connectivity index (χ4v) is 2.39. The predicted molar refractivity (Wildman–Crippen MR) is 83.1 cm³/mol. The van der Waals surface area contributed by atoms with Crippen molar-refractivity contribution in [3.63, 3.8) is 0 Å². The van der Waals surface area contributed by atoms with Crippen LogP contribution in [0, 0.1) is 0 Å². The first-order valence-corrected chi connectivity index (χ1v) is 6.75. The lowest BCUT2D eigenvalue weighted by Gasteiger charge is -2.10. The van der Waals surface area contributed by atoms with E-state index in [4.69, 9.17) is 21.1 Å². The molecule has 0 aliphatic heterocycles. The molecule has 3 rings (SSSR count). The van der Waals surface area contributed by atoms with Gasteiger partial charge in [0.1, 0.15) is 16.7 Å². The minimum atomic E-state index is 0.417. The van der Waals surface area contributed by atoms with E-state index in [1.54, 1.807) is 14.2 Å². The molecule has 21 heavy (non-hydrogen) atoms. The van der Waals surface area contributed by atoms with E-state index in [9.17, 15) is 0 Å². The molecule has 0 aliphatic rings. The van der Waals surface area contributed by atoms with E-state index >= 15 is 0 Å². The number of hydrogen-bond donors (Lipinski definition) is 0. The van der Waals surface area contributed by atoms with Gasteiger partial charge in [-0.15, -0.1) is 0 Å². The highest BCUT2D eigenvalue weighted by molar-refractivity contribution is 6.34. The topological polar surface area (TPSA) is 44.2 Å². The van der Waals surface area contributed by atoms with Crippen molar-refractivity contribution in [2.75, 3.05) is 14.2 Å². The Hall–Kier alpha value is -2.33. The molecule has 0 N–H and O–H groups in total. The van der Waals surface area contributed by atoms with Gasteiger partial charge in [-0.3, -0.25) is 0 Å². The van der Waals surface area contributed by atoms with E-state index in [0.717, 1.165) is 16.5 Å². The van der Waals surface area contributed by atoms with Gasteiger partial charge in [0.2, 0.25) is 0 Å². The van der Waals surface area contributed by atoms with Crippen molar-refractivity contribution < 1.29 is 9.47 Å². The molecular formula is C16H13ClN2O2. The Kier molecular flexibility index (Phi) is 3.62. The molecule has 1 aromatic heterocycles. The number of rotatable bonds is 3. The Bertz CT molecular complexity index is 805. The van der Waals surface area contributed by atoms with Crippen molar-refractivity contribution >= 4 is 22.5 Å². The number of benzene rings is 2. The largest absolute Gasteiger partial charge is 0.497 e. The summed E-state index contributed by atoms with van der Waals surface area (Å²) in [6.45, 7) is 0. The van der Waals surface area contributed by atoms with Gasteiger partial charge < -0.3 is 9.47 Å². The zero-order chi connectivity index (χ0) is 14.8. The van der Waals surface area contributed by atoms with Gasteiger partial charge in [-0.25, -0.2) is 9.97 Å². The summed E-state index contributed by atoms with van der Waals surface area (Å²) >= 11 is 6.26. The average Bonchev–Trinajstić information content (AvgIpc) is 2.54. The molecule has 0 fully saturated rings. The zero-order valence-corrected chi connectivity index (χ0v) is 12.4. The first-order valence-electron chi connectivity index (χ1n) is 6.37. The highest BCUT2D eigenvalue weighted by Gasteiger charge is 2.13. The van der Waals surface area contributed by atoms with E-state index in [2.05, 4.69) is 9.97 Å². The third kappa shape index (κ3) is 2.50. The Morgan fingerprint density at radius 1 is 0.952 bits per heavy atom. The first kappa shape index (κ1) is 13.6. The van der Waals surface area contributed by atoms with Gasteiger partial charge in [0.25, 0.3) is 0 Å². The van der Waals surface area contributed by atoms with Crippen LogP contribution in [-0.4, -0.2) is 24.2 Å². The molecule has 0 bridgehead atoms. The van der Waals surface area contributed by atoms with Crippen molar-refractivity contribution in [3.8, 4) is 22.9 Å². The second-order valence-corrected chi connectivity index (χ2v) is 4.78. The van der Waals surface area contributed by atoms with Crippen molar-refractivity contribution in [2.24, 2.45) is 0 Å². The van der Waals surface area contributed by atoms with Crippen LogP contribution >= 0.6 is 11.6 Å². The molecule has 0 amide bonds. The van der Waals surface area contributed by atoms with E-state index in [1.165, 1.54) is 0 Å². The molecule has 0 unspecified atom stereocenters. The average molecular weight is 301 g/mol. The molecule has 1 heterocycles. The first-order chi connectivity index (χ1) is 10.2. The summed E-state index contributed by atoms with van der Waals surface area (Å²) in [5, 5.41) is 1.24. The molecule has 0 radical (unpaired) electrons. The third-order valence-electron chi connectivity index (χ3n) is 3.20. The van der Waals surface area contributed by atoms with Crippen LogP contribution in [0.25, 0.3) is 22.3 Å². The maximum Gasteiger partial charge on any atom is 0.165 e. The van der Waals surface area contributed by atoms with Crippen LogP contribution in [0.15, 0.2) is 42.5 Å².